The van der Waals surface area contributed by atoms with Crippen LogP contribution in [0.25, 0.3) is 10.9 Å². The van der Waals surface area contributed by atoms with Gasteiger partial charge in [-0.3, -0.25) is 9.59 Å². The van der Waals surface area contributed by atoms with Crippen molar-refractivity contribution >= 4 is 45.2 Å². The van der Waals surface area contributed by atoms with Gasteiger partial charge in [-0.25, -0.2) is 0 Å². The summed E-state index contributed by atoms with van der Waals surface area (Å²) in [7, 11) is 0. The van der Waals surface area contributed by atoms with E-state index in [-0.39, 0.29) is 18.2 Å². The molecule has 6 heteroatoms. The summed E-state index contributed by atoms with van der Waals surface area (Å²) in [5.74, 6) is 0.146. The predicted octanol–water partition coefficient (Wildman–Crippen LogP) is 4.36. The zero-order valence-electron chi connectivity index (χ0n) is 15.9. The number of carbonyl (C=O) groups excluding carboxylic acids is 2. The Labute approximate surface area is 167 Å². The number of nitrogens with zero attached hydrogens (tertiary/aromatic N) is 2. The molecule has 0 atom stereocenters. The lowest BCUT2D eigenvalue weighted by molar-refractivity contribution is -0.115. The van der Waals surface area contributed by atoms with E-state index in [9.17, 15) is 9.59 Å². The Bertz CT molecular complexity index is 1100. The number of aliphatic imine (C=N–C) groups is 1. The van der Waals surface area contributed by atoms with Crippen molar-refractivity contribution in [2.45, 2.75) is 20.3 Å². The Morgan fingerprint density at radius 3 is 2.79 bits per heavy atom. The molecule has 1 amide bonds. The van der Waals surface area contributed by atoms with Gasteiger partial charge in [0.25, 0.3) is 5.91 Å². The highest BCUT2D eigenvalue weighted by atomic mass is 32.2. The normalized spacial score (nSPS) is 13.8. The molecule has 3 aromatic rings. The zero-order chi connectivity index (χ0) is 19.7. The summed E-state index contributed by atoms with van der Waals surface area (Å²) in [6, 6.07) is 13.9. The Kier molecular flexibility index (Phi) is 5.05. The molecule has 142 valence electrons. The summed E-state index contributed by atoms with van der Waals surface area (Å²) in [5.41, 5.74) is 4.82. The second kappa shape index (κ2) is 7.64. The van der Waals surface area contributed by atoms with E-state index < -0.39 is 0 Å². The third kappa shape index (κ3) is 3.47. The third-order valence-electron chi connectivity index (χ3n) is 4.87. The lowest BCUT2D eigenvalue weighted by Gasteiger charge is -2.23. The van der Waals surface area contributed by atoms with Gasteiger partial charge in [0.2, 0.25) is 0 Å². The predicted molar refractivity (Wildman–Crippen MR) is 115 cm³/mol. The van der Waals surface area contributed by atoms with Gasteiger partial charge in [-0.2, -0.15) is 4.99 Å². The Morgan fingerprint density at radius 2 is 2.07 bits per heavy atom. The summed E-state index contributed by atoms with van der Waals surface area (Å²) in [6.45, 7) is 4.24. The first-order chi connectivity index (χ1) is 13.6. The molecule has 0 spiro atoms. The second-order valence-electron chi connectivity index (χ2n) is 6.82. The standard InChI is InChI=1S/C22H21N3O2S/c1-3-15-7-5-9-17-18(11-23-21(15)17)19(26)12-25(22-24-20(27)13-28-22)16-8-4-6-14(2)10-16/h4-11,23H,3,12-13H2,1-2H3. The Balaban J connectivity index is 1.70. The number of nitrogens with one attached hydrogen (secondary N) is 1. The van der Waals surface area contributed by atoms with Gasteiger partial charge < -0.3 is 9.88 Å². The third-order valence-corrected chi connectivity index (χ3v) is 5.84. The SMILES string of the molecule is CCc1cccc2c(C(=O)CN(C3=NC(=O)CS3)c3cccc(C)c3)c[nH]c12. The number of H-pyrrole nitrogens is 1. The number of amides is 1. The molecule has 1 aromatic heterocycles. The number of fused-ring (bicyclic) bond motifs is 1. The van der Waals surface area contributed by atoms with Crippen molar-refractivity contribution in [3.05, 3.63) is 65.4 Å². The van der Waals surface area contributed by atoms with Crippen LogP contribution in [0.15, 0.2) is 53.7 Å². The van der Waals surface area contributed by atoms with E-state index in [1.54, 1.807) is 6.20 Å². The number of benzene rings is 2. The molecule has 0 saturated heterocycles. The van der Waals surface area contributed by atoms with Crippen LogP contribution >= 0.6 is 11.8 Å². The van der Waals surface area contributed by atoms with Gasteiger partial charge in [0.15, 0.2) is 11.0 Å². The monoisotopic (exact) mass is 391 g/mol. The lowest BCUT2D eigenvalue weighted by Crippen LogP contribution is -2.33. The summed E-state index contributed by atoms with van der Waals surface area (Å²) >= 11 is 1.37. The molecule has 0 bridgehead atoms. The van der Waals surface area contributed by atoms with E-state index in [4.69, 9.17) is 0 Å². The highest BCUT2D eigenvalue weighted by Crippen LogP contribution is 2.27. The highest BCUT2D eigenvalue weighted by molar-refractivity contribution is 8.15. The number of hydrogen-bond acceptors (Lipinski definition) is 4. The maximum absolute atomic E-state index is 13.2. The molecule has 1 N–H and O–H groups in total. The maximum atomic E-state index is 13.2. The average molecular weight is 391 g/mol. The number of anilines is 1. The van der Waals surface area contributed by atoms with Crippen LogP contribution in [0, 0.1) is 6.92 Å². The van der Waals surface area contributed by atoms with Crippen molar-refractivity contribution in [1.29, 1.82) is 0 Å². The first kappa shape index (κ1) is 18.5. The molecule has 28 heavy (non-hydrogen) atoms. The summed E-state index contributed by atoms with van der Waals surface area (Å²) in [5, 5.41) is 1.52. The molecule has 4 rings (SSSR count). The van der Waals surface area contributed by atoms with E-state index in [0.717, 1.165) is 28.6 Å². The fraction of sp³-hybridized carbons (Fsp3) is 0.227. The van der Waals surface area contributed by atoms with Crippen molar-refractivity contribution in [3.63, 3.8) is 0 Å². The minimum atomic E-state index is -0.162. The van der Waals surface area contributed by atoms with Crippen LogP contribution in [0.2, 0.25) is 0 Å². The largest absolute Gasteiger partial charge is 0.360 e. The smallest absolute Gasteiger partial charge is 0.258 e. The Hall–Kier alpha value is -2.86. The molecule has 1 aliphatic rings. The van der Waals surface area contributed by atoms with E-state index in [2.05, 4.69) is 23.0 Å². The first-order valence-corrected chi connectivity index (χ1v) is 10.3. The molecule has 2 heterocycles. The van der Waals surface area contributed by atoms with Gasteiger partial charge in [-0.15, -0.1) is 0 Å². The number of para-hydroxylation sites is 1. The summed E-state index contributed by atoms with van der Waals surface area (Å²) < 4.78 is 0. The number of thioether (sulfide) groups is 1. The van der Waals surface area contributed by atoms with Crippen LogP contribution in [-0.4, -0.2) is 34.1 Å². The molecule has 0 unspecified atom stereocenters. The van der Waals surface area contributed by atoms with Gasteiger partial charge >= 0.3 is 0 Å². The first-order valence-electron chi connectivity index (χ1n) is 9.27. The van der Waals surface area contributed by atoms with Crippen molar-refractivity contribution in [2.75, 3.05) is 17.2 Å². The van der Waals surface area contributed by atoms with Crippen LogP contribution in [0.5, 0.6) is 0 Å². The number of amidine groups is 1. The second-order valence-corrected chi connectivity index (χ2v) is 7.76. The van der Waals surface area contributed by atoms with Gasteiger partial charge in [-0.05, 0) is 36.6 Å². The van der Waals surface area contributed by atoms with Crippen LogP contribution in [0.1, 0.15) is 28.4 Å². The van der Waals surface area contributed by atoms with E-state index in [0.29, 0.717) is 16.5 Å². The Morgan fingerprint density at radius 1 is 1.25 bits per heavy atom. The fourth-order valence-corrected chi connectivity index (χ4v) is 4.28. The number of Topliss-reactive ketones (excluding diaryl/α,β-unsaturated/α-hetero) is 1. The van der Waals surface area contributed by atoms with Gasteiger partial charge in [-0.1, -0.05) is 49.0 Å². The average Bonchev–Trinajstić information content (AvgIpc) is 3.32. The molecular weight excluding hydrogens is 370 g/mol. The quantitative estimate of drug-likeness (QED) is 0.657. The molecule has 0 radical (unpaired) electrons. The summed E-state index contributed by atoms with van der Waals surface area (Å²) in [6.07, 6.45) is 2.69. The van der Waals surface area contributed by atoms with Crippen molar-refractivity contribution in [1.82, 2.24) is 4.98 Å². The number of rotatable bonds is 5. The maximum Gasteiger partial charge on any atom is 0.258 e. The van der Waals surface area contributed by atoms with E-state index >= 15 is 0 Å². The van der Waals surface area contributed by atoms with Crippen molar-refractivity contribution in [2.24, 2.45) is 4.99 Å². The minimum absolute atomic E-state index is 0.0105. The minimum Gasteiger partial charge on any atom is -0.360 e. The zero-order valence-corrected chi connectivity index (χ0v) is 16.7. The van der Waals surface area contributed by atoms with E-state index in [1.165, 1.54) is 17.3 Å². The molecule has 0 saturated carbocycles. The lowest BCUT2D eigenvalue weighted by atomic mass is 10.0. The number of hydrogen-bond donors (Lipinski definition) is 1. The van der Waals surface area contributed by atoms with Crippen molar-refractivity contribution < 1.29 is 9.59 Å². The summed E-state index contributed by atoms with van der Waals surface area (Å²) in [4.78, 5) is 34.1. The van der Waals surface area contributed by atoms with Crippen LogP contribution in [0.4, 0.5) is 5.69 Å². The molecule has 0 fully saturated rings. The molecule has 1 aliphatic heterocycles. The highest BCUT2D eigenvalue weighted by Gasteiger charge is 2.25. The molecule has 0 aliphatic carbocycles. The van der Waals surface area contributed by atoms with Crippen molar-refractivity contribution in [3.8, 4) is 0 Å². The number of aromatic nitrogens is 1. The number of ketones is 1. The van der Waals surface area contributed by atoms with Gasteiger partial charge in [0.1, 0.15) is 0 Å². The molecule has 2 aromatic carbocycles. The molecule has 5 nitrogen and oxygen atoms in total. The fourth-order valence-electron chi connectivity index (χ4n) is 3.47. The van der Waals surface area contributed by atoms with Crippen LogP contribution in [0.3, 0.4) is 0 Å². The molecular formula is C22H21N3O2S. The number of carbonyl (C=O) groups is 2. The van der Waals surface area contributed by atoms with Gasteiger partial charge in [0, 0.05) is 28.4 Å². The topological polar surface area (TPSA) is 65.5 Å². The van der Waals surface area contributed by atoms with Crippen LogP contribution < -0.4 is 4.90 Å². The number of aromatic amines is 1. The van der Waals surface area contributed by atoms with Gasteiger partial charge in [0.05, 0.1) is 12.3 Å². The van der Waals surface area contributed by atoms with Crippen LogP contribution in [-0.2, 0) is 11.2 Å². The van der Waals surface area contributed by atoms with E-state index in [1.807, 2.05) is 48.2 Å². The number of aryl methyl sites for hydroxylation is 2.